The fraction of sp³-hybridized carbons (Fsp3) is 0.389. The lowest BCUT2D eigenvalue weighted by Gasteiger charge is -2.18. The SMILES string of the molecule is C/C=C\C.C=C(O)CCC=O.CC.CCOC(=O)COP(CCNC(=O)CCC(=O)c1cccc(C(=O)O)c1OC(C)=O)Oc1ccccc1. The van der Waals surface area contributed by atoms with Crippen LogP contribution in [0.15, 0.2) is 73.0 Å². The van der Waals surface area contributed by atoms with E-state index in [4.69, 9.17) is 23.6 Å². The first-order chi connectivity index (χ1) is 23.9. The van der Waals surface area contributed by atoms with Crippen LogP contribution in [0.5, 0.6) is 11.5 Å². The molecule has 2 rings (SSSR count). The summed E-state index contributed by atoms with van der Waals surface area (Å²) in [6.45, 7) is 14.0. The molecule has 0 aliphatic carbocycles. The van der Waals surface area contributed by atoms with Crippen LogP contribution in [0.1, 0.15) is 87.9 Å². The van der Waals surface area contributed by atoms with Crippen LogP contribution in [0.2, 0.25) is 0 Å². The van der Waals surface area contributed by atoms with Crippen molar-refractivity contribution < 1.29 is 57.5 Å². The molecule has 1 unspecified atom stereocenters. The lowest BCUT2D eigenvalue weighted by molar-refractivity contribution is -0.145. The zero-order chi connectivity index (χ0) is 38.3. The van der Waals surface area contributed by atoms with Gasteiger partial charge in [-0.1, -0.05) is 56.8 Å². The van der Waals surface area contributed by atoms with E-state index in [0.29, 0.717) is 18.6 Å². The van der Waals surface area contributed by atoms with Crippen molar-refractivity contribution in [2.75, 3.05) is 25.9 Å². The van der Waals surface area contributed by atoms with Crippen LogP contribution in [0.25, 0.3) is 0 Å². The molecule has 14 heteroatoms. The summed E-state index contributed by atoms with van der Waals surface area (Å²) in [6, 6.07) is 12.8. The van der Waals surface area contributed by atoms with Gasteiger partial charge in [-0.05, 0) is 45.0 Å². The number of carboxylic acid groups (broad SMARTS) is 1. The van der Waals surface area contributed by atoms with Gasteiger partial charge in [0, 0.05) is 45.3 Å². The Morgan fingerprint density at radius 1 is 0.900 bits per heavy atom. The molecule has 0 aliphatic rings. The highest BCUT2D eigenvalue weighted by Crippen LogP contribution is 2.38. The van der Waals surface area contributed by atoms with E-state index in [2.05, 4.69) is 11.9 Å². The molecule has 0 aromatic heterocycles. The summed E-state index contributed by atoms with van der Waals surface area (Å²) >= 11 is 0. The van der Waals surface area contributed by atoms with Crippen molar-refractivity contribution in [3.05, 3.63) is 84.1 Å². The van der Waals surface area contributed by atoms with Crippen LogP contribution < -0.4 is 14.6 Å². The minimum Gasteiger partial charge on any atom is -0.513 e. The van der Waals surface area contributed by atoms with Gasteiger partial charge < -0.3 is 38.8 Å². The number of para-hydroxylation sites is 2. The smallest absolute Gasteiger partial charge is 0.339 e. The first-order valence-electron chi connectivity index (χ1n) is 15.9. The van der Waals surface area contributed by atoms with Crippen LogP contribution >= 0.6 is 8.38 Å². The van der Waals surface area contributed by atoms with E-state index in [9.17, 15) is 33.9 Å². The van der Waals surface area contributed by atoms with E-state index < -0.39 is 38.0 Å². The fourth-order valence-corrected chi connectivity index (χ4v) is 4.38. The van der Waals surface area contributed by atoms with Gasteiger partial charge in [-0.2, -0.15) is 0 Å². The summed E-state index contributed by atoms with van der Waals surface area (Å²) in [5.74, 6) is -3.39. The lowest BCUT2D eigenvalue weighted by atomic mass is 10.0. The number of benzene rings is 2. The van der Waals surface area contributed by atoms with Gasteiger partial charge >= 0.3 is 17.9 Å². The van der Waals surface area contributed by atoms with E-state index >= 15 is 0 Å². The second-order valence-corrected chi connectivity index (χ2v) is 10.9. The average Bonchev–Trinajstić information content (AvgIpc) is 3.10. The summed E-state index contributed by atoms with van der Waals surface area (Å²) in [4.78, 5) is 69.0. The van der Waals surface area contributed by atoms with Gasteiger partial charge in [0.25, 0.3) is 0 Å². The van der Waals surface area contributed by atoms with Gasteiger partial charge in [0.15, 0.2) is 18.1 Å². The molecule has 0 spiro atoms. The van der Waals surface area contributed by atoms with E-state index in [0.717, 1.165) is 13.2 Å². The van der Waals surface area contributed by atoms with E-state index in [1.54, 1.807) is 31.2 Å². The second kappa shape index (κ2) is 30.2. The zero-order valence-corrected chi connectivity index (χ0v) is 30.5. The molecule has 0 aliphatic heterocycles. The van der Waals surface area contributed by atoms with Gasteiger partial charge in [-0.15, -0.1) is 0 Å². The number of carbonyl (C=O) groups excluding carboxylic acids is 5. The van der Waals surface area contributed by atoms with Crippen LogP contribution in [-0.4, -0.2) is 72.0 Å². The van der Waals surface area contributed by atoms with Gasteiger partial charge in [-0.3, -0.25) is 14.4 Å². The molecule has 0 fully saturated rings. The molecule has 276 valence electrons. The predicted molar refractivity (Wildman–Crippen MR) is 192 cm³/mol. The molecule has 50 heavy (non-hydrogen) atoms. The quantitative estimate of drug-likeness (QED) is 0.0272. The van der Waals surface area contributed by atoms with E-state index in [1.165, 1.54) is 18.2 Å². The van der Waals surface area contributed by atoms with Crippen LogP contribution in [-0.2, 0) is 28.4 Å². The highest BCUT2D eigenvalue weighted by atomic mass is 31.2. The zero-order valence-electron chi connectivity index (χ0n) is 29.6. The Hall–Kier alpha value is -4.87. The predicted octanol–water partition coefficient (Wildman–Crippen LogP) is 7.01. The van der Waals surface area contributed by atoms with Crippen molar-refractivity contribution in [3.63, 3.8) is 0 Å². The topological polar surface area (TPSA) is 192 Å². The average molecular weight is 720 g/mol. The number of nitrogens with one attached hydrogen (secondary N) is 1. The van der Waals surface area contributed by atoms with Crippen molar-refractivity contribution in [2.24, 2.45) is 0 Å². The molecule has 3 N–H and O–H groups in total. The van der Waals surface area contributed by atoms with Gasteiger partial charge in [0.05, 0.1) is 17.9 Å². The number of aliphatic hydroxyl groups is 1. The summed E-state index contributed by atoms with van der Waals surface area (Å²) in [5.41, 5.74) is -0.435. The number of hydrogen-bond acceptors (Lipinski definition) is 11. The van der Waals surface area contributed by atoms with Gasteiger partial charge in [0.2, 0.25) is 14.3 Å². The fourth-order valence-electron chi connectivity index (χ4n) is 3.20. The molecule has 0 bridgehead atoms. The van der Waals surface area contributed by atoms with Crippen molar-refractivity contribution in [2.45, 2.75) is 67.2 Å². The number of hydrogen-bond donors (Lipinski definition) is 3. The molecule has 2 aromatic carbocycles. The number of carboxylic acids is 1. The molecule has 1 atom stereocenters. The first-order valence-corrected chi connectivity index (χ1v) is 17.3. The number of esters is 2. The maximum absolute atomic E-state index is 12.7. The summed E-state index contributed by atoms with van der Waals surface area (Å²) in [5, 5.41) is 20.3. The Balaban J connectivity index is 0. The number of carbonyl (C=O) groups is 6. The number of aliphatic hydroxyl groups excluding tert-OH is 1. The number of Topliss-reactive ketones (excluding diaryl/α,β-unsaturated/α-hetero) is 1. The lowest BCUT2D eigenvalue weighted by Crippen LogP contribution is -2.27. The van der Waals surface area contributed by atoms with Crippen LogP contribution in [0, 0.1) is 0 Å². The maximum Gasteiger partial charge on any atom is 0.339 e. The third kappa shape index (κ3) is 23.5. The van der Waals surface area contributed by atoms with Gasteiger partial charge in [0.1, 0.15) is 17.6 Å². The number of rotatable bonds is 18. The monoisotopic (exact) mass is 719 g/mol. The Labute approximate surface area is 295 Å². The molecular formula is C36H50NO12P. The highest BCUT2D eigenvalue weighted by Gasteiger charge is 2.22. The second-order valence-electron chi connectivity index (χ2n) is 9.33. The normalized spacial score (nSPS) is 10.3. The minimum atomic E-state index is -1.58. The number of aromatic carboxylic acids is 1. The van der Waals surface area contributed by atoms with E-state index in [-0.39, 0.29) is 61.4 Å². The van der Waals surface area contributed by atoms with E-state index in [1.807, 2.05) is 45.9 Å². The third-order valence-electron chi connectivity index (χ3n) is 5.45. The van der Waals surface area contributed by atoms with Crippen LogP contribution in [0.3, 0.4) is 0 Å². The van der Waals surface area contributed by atoms with Crippen molar-refractivity contribution >= 4 is 44.3 Å². The van der Waals surface area contributed by atoms with Gasteiger partial charge in [-0.25, -0.2) is 9.59 Å². The van der Waals surface area contributed by atoms with Crippen molar-refractivity contribution in [3.8, 4) is 11.5 Å². The molecule has 0 radical (unpaired) electrons. The first kappa shape index (κ1) is 47.2. The Morgan fingerprint density at radius 3 is 2.02 bits per heavy atom. The number of allylic oxidation sites excluding steroid dienone is 3. The Bertz CT molecular complexity index is 1360. The van der Waals surface area contributed by atoms with Crippen LogP contribution in [0.4, 0.5) is 0 Å². The van der Waals surface area contributed by atoms with Crippen molar-refractivity contribution in [1.82, 2.24) is 5.32 Å². The third-order valence-corrected chi connectivity index (χ3v) is 6.87. The maximum atomic E-state index is 12.7. The largest absolute Gasteiger partial charge is 0.513 e. The molecule has 0 saturated heterocycles. The van der Waals surface area contributed by atoms with Crippen molar-refractivity contribution in [1.29, 1.82) is 0 Å². The summed E-state index contributed by atoms with van der Waals surface area (Å²) in [7, 11) is -1.58. The summed E-state index contributed by atoms with van der Waals surface area (Å²) < 4.78 is 21.2. The number of ketones is 1. The molecular weight excluding hydrogens is 669 g/mol. The number of amides is 1. The number of aldehydes is 1. The Morgan fingerprint density at radius 2 is 1.52 bits per heavy atom. The standard InChI is InChI=1S/C25H28NO10P.C5H8O2.C4H8.C2H6/c1-3-33-23(30)16-34-37(36-18-8-5-4-6-9-18)15-14-26-22(29)13-12-21(28)19-10-7-11-20(25(31)32)24(19)35-17(2)27;1-5(7)3-2-4-6;1-3-4-2;1-2/h4-11H,3,12-16H2,1-2H3,(H,26,29)(H,31,32);4,7H,1-3H2;3-4H,1-2H3;1-2H3/b;;4-3-;. The molecule has 2 aromatic rings. The minimum absolute atomic E-state index is 0.0760. The molecule has 0 saturated carbocycles. The molecule has 1 amide bonds. The molecule has 13 nitrogen and oxygen atoms in total. The highest BCUT2D eigenvalue weighted by molar-refractivity contribution is 7.47. The summed E-state index contributed by atoms with van der Waals surface area (Å²) in [6.07, 6.45) is 5.36. The molecule has 0 heterocycles. The Kier molecular flexibility index (Phi) is 28.5. The number of ether oxygens (including phenoxy) is 2.